The molecule has 1 aliphatic rings. The molecule has 0 amide bonds. The highest BCUT2D eigenvalue weighted by atomic mass is 16.6. The van der Waals surface area contributed by atoms with Crippen LogP contribution < -0.4 is 0 Å². The van der Waals surface area contributed by atoms with Crippen LogP contribution in [0.5, 0.6) is 0 Å². The normalized spacial score (nSPS) is 25.9. The molecule has 108 valence electrons. The summed E-state index contributed by atoms with van der Waals surface area (Å²) in [5, 5.41) is 0. The van der Waals surface area contributed by atoms with Gasteiger partial charge in [0, 0.05) is 0 Å². The van der Waals surface area contributed by atoms with Crippen molar-refractivity contribution >= 4 is 11.9 Å². The average Bonchev–Trinajstić information content (AvgIpc) is 2.54. The number of allylic oxidation sites excluding steroid dienone is 2. The molecule has 3 heteroatoms. The number of esters is 2. The van der Waals surface area contributed by atoms with E-state index in [-0.39, 0.29) is 29.2 Å². The summed E-state index contributed by atoms with van der Waals surface area (Å²) >= 11 is 0. The number of cyclic esters (lactones) is 2. The Morgan fingerprint density at radius 2 is 1.95 bits per heavy atom. The molecule has 3 unspecified atom stereocenters. The summed E-state index contributed by atoms with van der Waals surface area (Å²) in [5.41, 5.74) is 1.52. The zero-order valence-corrected chi connectivity index (χ0v) is 12.8. The highest BCUT2D eigenvalue weighted by Crippen LogP contribution is 2.34. The van der Waals surface area contributed by atoms with Gasteiger partial charge >= 0.3 is 11.9 Å². The van der Waals surface area contributed by atoms with Crippen molar-refractivity contribution in [1.29, 1.82) is 0 Å². The van der Waals surface area contributed by atoms with Gasteiger partial charge in [-0.05, 0) is 38.5 Å². The van der Waals surface area contributed by atoms with Gasteiger partial charge in [-0.3, -0.25) is 9.59 Å². The second kappa shape index (κ2) is 6.36. The number of carbonyl (C=O) groups is 2. The van der Waals surface area contributed by atoms with Crippen molar-refractivity contribution in [3.8, 4) is 0 Å². The van der Waals surface area contributed by atoms with E-state index in [1.807, 2.05) is 0 Å². The molecule has 1 rings (SSSR count). The smallest absolute Gasteiger partial charge is 0.317 e. The third kappa shape index (κ3) is 4.19. The lowest BCUT2D eigenvalue weighted by Crippen LogP contribution is -2.17. The van der Waals surface area contributed by atoms with Gasteiger partial charge in [-0.25, -0.2) is 0 Å². The van der Waals surface area contributed by atoms with Gasteiger partial charge in [0.15, 0.2) is 0 Å². The first-order chi connectivity index (χ1) is 8.79. The van der Waals surface area contributed by atoms with E-state index in [1.54, 1.807) is 6.92 Å². The first kappa shape index (κ1) is 15.9. The van der Waals surface area contributed by atoms with Crippen molar-refractivity contribution in [3.63, 3.8) is 0 Å². The van der Waals surface area contributed by atoms with Crippen LogP contribution in [0.3, 0.4) is 0 Å². The maximum atomic E-state index is 11.5. The molecule has 3 nitrogen and oxygen atoms in total. The van der Waals surface area contributed by atoms with Gasteiger partial charge in [0.1, 0.15) is 0 Å². The molecule has 0 aromatic carbocycles. The largest absolute Gasteiger partial charge is 0.393 e. The Balaban J connectivity index is 2.52. The lowest BCUT2D eigenvalue weighted by Gasteiger charge is -2.25. The van der Waals surface area contributed by atoms with Crippen LogP contribution >= 0.6 is 0 Å². The Morgan fingerprint density at radius 3 is 2.37 bits per heavy atom. The van der Waals surface area contributed by atoms with Crippen LogP contribution in [0.2, 0.25) is 0 Å². The van der Waals surface area contributed by atoms with E-state index >= 15 is 0 Å². The molecule has 1 aliphatic heterocycles. The molecule has 0 saturated carbocycles. The second-order valence-corrected chi connectivity index (χ2v) is 6.26. The van der Waals surface area contributed by atoms with E-state index in [1.165, 1.54) is 5.57 Å². The molecule has 0 aliphatic carbocycles. The van der Waals surface area contributed by atoms with E-state index in [0.29, 0.717) is 0 Å². The van der Waals surface area contributed by atoms with Crippen molar-refractivity contribution in [2.24, 2.45) is 17.3 Å². The minimum absolute atomic E-state index is 0.189. The molecular weight excluding hydrogens is 240 g/mol. The second-order valence-electron chi connectivity index (χ2n) is 6.26. The Hall–Kier alpha value is -1.12. The zero-order chi connectivity index (χ0) is 14.6. The molecule has 19 heavy (non-hydrogen) atoms. The lowest BCUT2D eigenvalue weighted by molar-refractivity contribution is -0.153. The molecular formula is C16H26O3. The van der Waals surface area contributed by atoms with Crippen LogP contribution in [-0.4, -0.2) is 11.9 Å². The number of carbonyl (C=O) groups excluding carboxylic acids is 2. The van der Waals surface area contributed by atoms with Crippen molar-refractivity contribution in [2.45, 2.75) is 60.3 Å². The van der Waals surface area contributed by atoms with Gasteiger partial charge in [0.2, 0.25) is 0 Å². The maximum Gasteiger partial charge on any atom is 0.317 e. The predicted octanol–water partition coefficient (Wildman–Crippen LogP) is 3.87. The van der Waals surface area contributed by atoms with Crippen molar-refractivity contribution in [1.82, 2.24) is 0 Å². The first-order valence-electron chi connectivity index (χ1n) is 7.20. The summed E-state index contributed by atoms with van der Waals surface area (Å²) in [7, 11) is 0. The van der Waals surface area contributed by atoms with E-state index in [9.17, 15) is 9.59 Å². The van der Waals surface area contributed by atoms with Gasteiger partial charge in [-0.15, -0.1) is 0 Å². The number of ether oxygens (including phenoxy) is 1. The molecule has 0 aromatic rings. The lowest BCUT2D eigenvalue weighted by atomic mass is 9.79. The van der Waals surface area contributed by atoms with Gasteiger partial charge in [0.05, 0.1) is 11.8 Å². The molecule has 1 heterocycles. The van der Waals surface area contributed by atoms with Gasteiger partial charge in [-0.1, -0.05) is 38.8 Å². The van der Waals surface area contributed by atoms with Crippen molar-refractivity contribution in [2.75, 3.05) is 0 Å². The van der Waals surface area contributed by atoms with Crippen LogP contribution in [-0.2, 0) is 14.3 Å². The summed E-state index contributed by atoms with van der Waals surface area (Å²) in [6.07, 6.45) is 6.14. The molecule has 3 atom stereocenters. The van der Waals surface area contributed by atoms with Gasteiger partial charge < -0.3 is 4.74 Å². The fourth-order valence-corrected chi connectivity index (χ4v) is 2.78. The number of rotatable bonds is 6. The summed E-state index contributed by atoms with van der Waals surface area (Å²) in [5.74, 6) is -1.21. The summed E-state index contributed by atoms with van der Waals surface area (Å²) in [6.45, 7) is 10.5. The van der Waals surface area contributed by atoms with E-state index in [4.69, 9.17) is 0 Å². The molecule has 0 radical (unpaired) electrons. The molecule has 0 bridgehead atoms. The quantitative estimate of drug-likeness (QED) is 0.416. The van der Waals surface area contributed by atoms with E-state index in [2.05, 4.69) is 38.5 Å². The van der Waals surface area contributed by atoms with Crippen LogP contribution in [0.4, 0.5) is 0 Å². The molecule has 0 spiro atoms. The molecule has 1 fully saturated rings. The summed E-state index contributed by atoms with van der Waals surface area (Å²) in [6, 6.07) is 0. The summed E-state index contributed by atoms with van der Waals surface area (Å²) < 4.78 is 4.67. The highest BCUT2D eigenvalue weighted by molar-refractivity contribution is 5.96. The van der Waals surface area contributed by atoms with Crippen LogP contribution in [0, 0.1) is 17.3 Å². The molecule has 0 N–H and O–H groups in total. The number of hydrogen-bond donors (Lipinski definition) is 0. The minimum atomic E-state index is -0.363. The maximum absolute atomic E-state index is 11.5. The first-order valence-corrected chi connectivity index (χ1v) is 7.20. The third-order valence-electron chi connectivity index (χ3n) is 4.19. The fourth-order valence-electron chi connectivity index (χ4n) is 2.78. The Bertz CT molecular complexity index is 379. The summed E-state index contributed by atoms with van der Waals surface area (Å²) in [4.78, 5) is 22.8. The Labute approximate surface area is 116 Å². The van der Waals surface area contributed by atoms with Crippen molar-refractivity contribution < 1.29 is 14.3 Å². The monoisotopic (exact) mass is 266 g/mol. The van der Waals surface area contributed by atoms with Gasteiger partial charge in [-0.2, -0.15) is 0 Å². The molecule has 0 aromatic heterocycles. The Kier molecular flexibility index (Phi) is 5.33. The zero-order valence-electron chi connectivity index (χ0n) is 12.8. The molecule has 1 saturated heterocycles. The van der Waals surface area contributed by atoms with Crippen LogP contribution in [0.25, 0.3) is 0 Å². The van der Waals surface area contributed by atoms with E-state index < -0.39 is 0 Å². The van der Waals surface area contributed by atoms with Gasteiger partial charge in [0.25, 0.3) is 0 Å². The minimum Gasteiger partial charge on any atom is -0.393 e. The fraction of sp³-hybridized carbons (Fsp3) is 0.750. The number of hydrogen-bond acceptors (Lipinski definition) is 3. The third-order valence-corrected chi connectivity index (χ3v) is 4.19. The van der Waals surface area contributed by atoms with Crippen LogP contribution in [0.15, 0.2) is 11.6 Å². The van der Waals surface area contributed by atoms with Crippen LogP contribution in [0.1, 0.15) is 60.3 Å². The SMILES string of the molecule is CCC(C)(C=C(C)C)CCCC1C(=O)OC(=O)C1C. The van der Waals surface area contributed by atoms with Crippen molar-refractivity contribution in [3.05, 3.63) is 11.6 Å². The highest BCUT2D eigenvalue weighted by Gasteiger charge is 2.40. The topological polar surface area (TPSA) is 43.4 Å². The Morgan fingerprint density at radius 1 is 1.32 bits per heavy atom. The standard InChI is InChI=1S/C16H26O3/c1-6-16(5,10-11(2)3)9-7-8-13-12(4)14(17)19-15(13)18/h10,12-13H,6-9H2,1-5H3. The average molecular weight is 266 g/mol. The predicted molar refractivity (Wildman–Crippen MR) is 75.4 cm³/mol. The van der Waals surface area contributed by atoms with E-state index in [0.717, 1.165) is 25.7 Å².